The van der Waals surface area contributed by atoms with Crippen LogP contribution in [0.3, 0.4) is 0 Å². The van der Waals surface area contributed by atoms with Crippen LogP contribution in [-0.4, -0.2) is 74.6 Å². The van der Waals surface area contributed by atoms with E-state index in [2.05, 4.69) is 4.90 Å². The highest BCUT2D eigenvalue weighted by Gasteiger charge is 2.31. The van der Waals surface area contributed by atoms with Gasteiger partial charge in [0.2, 0.25) is 10.0 Å². The number of piperazine rings is 1. The van der Waals surface area contributed by atoms with E-state index in [0.29, 0.717) is 60.5 Å². The quantitative estimate of drug-likeness (QED) is 0.103. The predicted octanol–water partition coefficient (Wildman–Crippen LogP) is 7.28. The summed E-state index contributed by atoms with van der Waals surface area (Å²) in [7, 11) is -2.15. The van der Waals surface area contributed by atoms with Crippen molar-refractivity contribution >= 4 is 39.1 Å². The zero-order chi connectivity index (χ0) is 36.1. The van der Waals surface area contributed by atoms with Crippen molar-refractivity contribution in [1.82, 2.24) is 14.2 Å². The maximum Gasteiger partial charge on any atom is 0.416 e. The highest BCUT2D eigenvalue weighted by atomic mass is 32.2. The Kier molecular flexibility index (Phi) is 12.2. The van der Waals surface area contributed by atoms with Gasteiger partial charge < -0.3 is 14.2 Å². The number of hydrogen-bond donors (Lipinski definition) is 0. The number of alkyl halides is 3. The normalized spacial score (nSPS) is 15.1. The number of carbonyl (C=O) groups is 1. The summed E-state index contributed by atoms with van der Waals surface area (Å²) in [6.07, 6.45) is -5.19. The van der Waals surface area contributed by atoms with Gasteiger partial charge >= 0.3 is 12.1 Å². The molecule has 1 unspecified atom stereocenters. The molecule has 0 radical (unpaired) electrons. The molecular formula is C35H38F3N3O6S3. The van der Waals surface area contributed by atoms with Crippen molar-refractivity contribution in [2.45, 2.75) is 55.1 Å². The lowest BCUT2D eigenvalue weighted by Gasteiger charge is -2.33. The van der Waals surface area contributed by atoms with Crippen molar-refractivity contribution in [1.29, 1.82) is 0 Å². The number of carbonyl (C=O) groups excluding carboxylic acids is 1. The van der Waals surface area contributed by atoms with Gasteiger partial charge in [-0.2, -0.15) is 17.5 Å². The number of thioether (sulfide) groups is 1. The number of esters is 1. The second kappa shape index (κ2) is 16.1. The van der Waals surface area contributed by atoms with E-state index in [1.165, 1.54) is 47.0 Å². The Hall–Kier alpha value is -3.63. The fourth-order valence-electron chi connectivity index (χ4n) is 5.27. The van der Waals surface area contributed by atoms with E-state index < -0.39 is 33.8 Å². The van der Waals surface area contributed by atoms with Crippen molar-refractivity contribution in [2.24, 2.45) is 0 Å². The molecule has 0 aliphatic carbocycles. The Balaban J connectivity index is 1.31. The molecule has 5 rings (SSSR count). The number of thiazole rings is 1. The molecule has 1 atom stereocenters. The van der Waals surface area contributed by atoms with Crippen LogP contribution in [-0.2, 0) is 38.0 Å². The van der Waals surface area contributed by atoms with E-state index in [4.69, 9.17) is 19.2 Å². The summed E-state index contributed by atoms with van der Waals surface area (Å²) in [6, 6.07) is 17.0. The number of halogens is 3. The van der Waals surface area contributed by atoms with Crippen LogP contribution in [0.15, 0.2) is 76.5 Å². The summed E-state index contributed by atoms with van der Waals surface area (Å²) in [4.78, 5) is 21.2. The van der Waals surface area contributed by atoms with Crippen molar-refractivity contribution < 1.29 is 40.6 Å². The molecule has 0 bridgehead atoms. The van der Waals surface area contributed by atoms with Crippen molar-refractivity contribution in [2.75, 3.05) is 39.9 Å². The molecule has 1 aromatic heterocycles. The molecule has 2 heterocycles. The number of aromatic nitrogens is 1. The van der Waals surface area contributed by atoms with E-state index in [-0.39, 0.29) is 11.5 Å². The molecule has 1 aliphatic rings. The smallest absolute Gasteiger partial charge is 0.416 e. The van der Waals surface area contributed by atoms with Crippen LogP contribution in [0.5, 0.6) is 11.5 Å². The molecule has 50 heavy (non-hydrogen) atoms. The lowest BCUT2D eigenvalue weighted by molar-refractivity contribution is -0.150. The number of rotatable bonds is 13. The Labute approximate surface area is 298 Å². The average Bonchev–Trinajstić information content (AvgIpc) is 3.50. The zero-order valence-corrected chi connectivity index (χ0v) is 30.5. The molecule has 268 valence electrons. The first-order valence-electron chi connectivity index (χ1n) is 15.9. The molecular weight excluding hydrogens is 712 g/mol. The number of nitrogens with zero attached hydrogens (tertiary/aromatic N) is 3. The van der Waals surface area contributed by atoms with Crippen LogP contribution in [0.2, 0.25) is 0 Å². The molecule has 0 spiro atoms. The predicted molar refractivity (Wildman–Crippen MR) is 187 cm³/mol. The summed E-state index contributed by atoms with van der Waals surface area (Å²) in [5.41, 5.74) is 1.51. The molecule has 0 N–H and O–H groups in total. The van der Waals surface area contributed by atoms with Crippen molar-refractivity contribution in [3.63, 3.8) is 0 Å². The highest BCUT2D eigenvalue weighted by molar-refractivity contribution is 7.98. The minimum Gasteiger partial charge on any atom is -0.497 e. The monoisotopic (exact) mass is 749 g/mol. The second-order valence-electron chi connectivity index (χ2n) is 11.5. The molecule has 3 aromatic carbocycles. The number of methoxy groups -OCH3 is 1. The van der Waals surface area contributed by atoms with Crippen LogP contribution in [0.1, 0.15) is 35.5 Å². The van der Waals surface area contributed by atoms with Gasteiger partial charge in [-0.3, -0.25) is 4.90 Å². The highest BCUT2D eigenvalue weighted by Crippen LogP contribution is 2.37. The Morgan fingerprint density at radius 2 is 1.70 bits per heavy atom. The Morgan fingerprint density at radius 1 is 1.02 bits per heavy atom. The fraction of sp³-hybridized carbons (Fsp3) is 0.371. The fourth-order valence-corrected chi connectivity index (χ4v) is 8.87. The number of ether oxygens (including phenoxy) is 3. The SMILES string of the molecule is CCOC(=O)C(C)Oc1ccc(SCc2sc(-c3ccc(C(F)(F)F)cc3)nc2CN2CCN(S(=O)(=O)c3ccc(OC)cc3)CC2)cc1C. The van der Waals surface area contributed by atoms with Gasteiger partial charge in [0.05, 0.1) is 29.9 Å². The largest absolute Gasteiger partial charge is 0.497 e. The number of sulfonamides is 1. The van der Waals surface area contributed by atoms with Crippen molar-refractivity contribution in [3.8, 4) is 22.1 Å². The molecule has 0 amide bonds. The number of hydrogen-bond acceptors (Lipinski definition) is 10. The molecule has 4 aromatic rings. The minimum absolute atomic E-state index is 0.204. The van der Waals surface area contributed by atoms with E-state index in [1.807, 2.05) is 25.1 Å². The molecule has 1 aliphatic heterocycles. The standard InChI is InChI=1S/C35H38F3N3O6S3/c1-5-46-34(42)24(3)47-31-15-12-28(20-23(31)2)48-22-32-30(39-33(49-32)25-6-8-26(9-7-25)35(36,37)38)21-40-16-18-41(19-17-40)50(43,44)29-13-10-27(45-4)11-14-29/h6-15,20,24H,5,16-19,21-22H2,1-4H3. The summed E-state index contributed by atoms with van der Waals surface area (Å²) >= 11 is 3.01. The van der Waals surface area contributed by atoms with Gasteiger partial charge in [0.25, 0.3) is 0 Å². The van der Waals surface area contributed by atoms with E-state index in [0.717, 1.165) is 33.2 Å². The third kappa shape index (κ3) is 9.18. The summed E-state index contributed by atoms with van der Waals surface area (Å²) in [5.74, 6) is 1.26. The summed E-state index contributed by atoms with van der Waals surface area (Å²) in [6.45, 7) is 7.57. The molecule has 9 nitrogen and oxygen atoms in total. The van der Waals surface area contributed by atoms with E-state index in [1.54, 1.807) is 37.7 Å². The maximum absolute atomic E-state index is 13.3. The third-order valence-corrected chi connectivity index (χ3v) is 12.3. The van der Waals surface area contributed by atoms with Crippen LogP contribution in [0.25, 0.3) is 10.6 Å². The minimum atomic E-state index is -4.44. The van der Waals surface area contributed by atoms with E-state index >= 15 is 0 Å². The van der Waals surface area contributed by atoms with Gasteiger partial charge in [-0.15, -0.1) is 23.1 Å². The van der Waals surface area contributed by atoms with Gasteiger partial charge in [0.15, 0.2) is 6.10 Å². The van der Waals surface area contributed by atoms with Gasteiger partial charge in [0.1, 0.15) is 16.5 Å². The van der Waals surface area contributed by atoms with Gasteiger partial charge in [0, 0.05) is 53.8 Å². The van der Waals surface area contributed by atoms with E-state index in [9.17, 15) is 26.4 Å². The lowest BCUT2D eigenvalue weighted by Crippen LogP contribution is -2.48. The Bertz CT molecular complexity index is 1880. The average molecular weight is 750 g/mol. The molecule has 15 heteroatoms. The van der Waals surface area contributed by atoms with Crippen molar-refractivity contribution in [3.05, 3.63) is 88.4 Å². The van der Waals surface area contributed by atoms with Gasteiger partial charge in [-0.25, -0.2) is 18.2 Å². The summed E-state index contributed by atoms with van der Waals surface area (Å²) < 4.78 is 83.7. The molecule has 0 saturated carbocycles. The molecule has 1 fully saturated rings. The Morgan fingerprint density at radius 3 is 2.30 bits per heavy atom. The molecule has 1 saturated heterocycles. The first kappa shape index (κ1) is 37.6. The number of benzene rings is 3. The third-order valence-electron chi connectivity index (χ3n) is 8.08. The maximum atomic E-state index is 13.3. The number of aryl methyl sites for hydroxylation is 1. The second-order valence-corrected chi connectivity index (χ2v) is 15.6. The summed E-state index contributed by atoms with van der Waals surface area (Å²) in [5, 5.41) is 0.609. The topological polar surface area (TPSA) is 98.3 Å². The van der Waals surface area contributed by atoms with Gasteiger partial charge in [-0.1, -0.05) is 12.1 Å². The first-order valence-corrected chi connectivity index (χ1v) is 19.1. The van der Waals surface area contributed by atoms with Gasteiger partial charge in [-0.05, 0) is 80.9 Å². The lowest BCUT2D eigenvalue weighted by atomic mass is 10.1. The first-order chi connectivity index (χ1) is 23.8. The van der Waals surface area contributed by atoms with Crippen LogP contribution in [0, 0.1) is 6.92 Å². The van der Waals surface area contributed by atoms with Crippen LogP contribution in [0.4, 0.5) is 13.2 Å². The zero-order valence-electron chi connectivity index (χ0n) is 28.0. The van der Waals surface area contributed by atoms with Crippen LogP contribution < -0.4 is 9.47 Å². The van der Waals surface area contributed by atoms with Crippen LogP contribution >= 0.6 is 23.1 Å².